The fraction of sp³-hybridized carbons (Fsp3) is 0. The summed E-state index contributed by atoms with van der Waals surface area (Å²) < 4.78 is 0. The fourth-order valence-electron chi connectivity index (χ4n) is 1.21. The summed E-state index contributed by atoms with van der Waals surface area (Å²) in [5.74, 6) is 0.0690. The molecule has 0 aliphatic rings. The zero-order valence-corrected chi connectivity index (χ0v) is 10.0. The van der Waals surface area contributed by atoms with Crippen molar-refractivity contribution in [3.63, 3.8) is 0 Å². The highest BCUT2D eigenvalue weighted by Gasteiger charge is 2.12. The maximum Gasteiger partial charge on any atom is 0.258 e. The SMILES string of the molecule is O=C(Nc1ccccn1)c1cc(Cl)ncc1Cl. The van der Waals surface area contributed by atoms with Crippen molar-refractivity contribution in [2.24, 2.45) is 0 Å². The highest BCUT2D eigenvalue weighted by Crippen LogP contribution is 2.19. The van der Waals surface area contributed by atoms with Crippen LogP contribution in [0, 0.1) is 0 Å². The lowest BCUT2D eigenvalue weighted by Crippen LogP contribution is -2.13. The minimum Gasteiger partial charge on any atom is -0.307 e. The maximum absolute atomic E-state index is 11.9. The van der Waals surface area contributed by atoms with Crippen molar-refractivity contribution in [2.75, 3.05) is 5.32 Å². The van der Waals surface area contributed by atoms with Crippen LogP contribution in [-0.4, -0.2) is 15.9 Å². The Morgan fingerprint density at radius 3 is 2.76 bits per heavy atom. The molecule has 2 aromatic rings. The fourth-order valence-corrected chi connectivity index (χ4v) is 1.55. The van der Waals surface area contributed by atoms with Crippen LogP contribution >= 0.6 is 23.2 Å². The largest absolute Gasteiger partial charge is 0.307 e. The summed E-state index contributed by atoms with van der Waals surface area (Å²) in [4.78, 5) is 19.6. The molecule has 0 atom stereocenters. The van der Waals surface area contributed by atoms with Crippen LogP contribution in [0.1, 0.15) is 10.4 Å². The number of anilines is 1. The number of carbonyl (C=O) groups excluding carboxylic acids is 1. The molecule has 0 spiro atoms. The van der Waals surface area contributed by atoms with Crippen molar-refractivity contribution in [2.45, 2.75) is 0 Å². The molecule has 4 nitrogen and oxygen atoms in total. The van der Waals surface area contributed by atoms with Gasteiger partial charge in [0, 0.05) is 12.4 Å². The maximum atomic E-state index is 11.9. The molecule has 0 fully saturated rings. The Labute approximate surface area is 108 Å². The molecular formula is C11H7Cl2N3O. The number of amides is 1. The van der Waals surface area contributed by atoms with Crippen LogP contribution in [0.3, 0.4) is 0 Å². The number of hydrogen-bond donors (Lipinski definition) is 1. The average Bonchev–Trinajstić information content (AvgIpc) is 2.33. The smallest absolute Gasteiger partial charge is 0.258 e. The molecule has 6 heteroatoms. The molecule has 1 N–H and O–H groups in total. The summed E-state index contributed by atoms with van der Waals surface area (Å²) in [6, 6.07) is 6.60. The first-order valence-electron chi connectivity index (χ1n) is 4.70. The predicted molar refractivity (Wildman–Crippen MR) is 66.4 cm³/mol. The zero-order chi connectivity index (χ0) is 12.3. The molecule has 0 unspecified atom stereocenters. The molecule has 0 aliphatic heterocycles. The second kappa shape index (κ2) is 5.12. The molecular weight excluding hydrogens is 261 g/mol. The minimum atomic E-state index is -0.377. The van der Waals surface area contributed by atoms with Crippen LogP contribution in [0.25, 0.3) is 0 Å². The summed E-state index contributed by atoms with van der Waals surface area (Å²) in [6.07, 6.45) is 2.91. The second-order valence-electron chi connectivity index (χ2n) is 3.16. The van der Waals surface area contributed by atoms with Crippen LogP contribution in [0.5, 0.6) is 0 Å². The molecule has 1 amide bonds. The summed E-state index contributed by atoms with van der Waals surface area (Å²) in [6.45, 7) is 0. The first-order chi connectivity index (χ1) is 8.16. The van der Waals surface area contributed by atoms with E-state index >= 15 is 0 Å². The Balaban J connectivity index is 2.23. The van der Waals surface area contributed by atoms with Gasteiger partial charge in [0.15, 0.2) is 0 Å². The van der Waals surface area contributed by atoms with E-state index in [0.717, 1.165) is 0 Å². The summed E-state index contributed by atoms with van der Waals surface area (Å²) >= 11 is 11.6. The van der Waals surface area contributed by atoms with Crippen LogP contribution in [0.2, 0.25) is 10.2 Å². The lowest BCUT2D eigenvalue weighted by Gasteiger charge is -2.05. The molecule has 0 aromatic carbocycles. The van der Waals surface area contributed by atoms with E-state index in [1.165, 1.54) is 12.3 Å². The molecule has 86 valence electrons. The van der Waals surface area contributed by atoms with Crippen molar-refractivity contribution >= 4 is 34.9 Å². The molecule has 2 aromatic heterocycles. The molecule has 0 bridgehead atoms. The van der Waals surface area contributed by atoms with Gasteiger partial charge in [-0.05, 0) is 18.2 Å². The van der Waals surface area contributed by atoms with Gasteiger partial charge in [0.2, 0.25) is 0 Å². The highest BCUT2D eigenvalue weighted by molar-refractivity contribution is 6.35. The van der Waals surface area contributed by atoms with Gasteiger partial charge < -0.3 is 5.32 Å². The first-order valence-corrected chi connectivity index (χ1v) is 5.46. The Hall–Kier alpha value is -1.65. The van der Waals surface area contributed by atoms with E-state index in [1.54, 1.807) is 24.4 Å². The molecule has 2 rings (SSSR count). The number of nitrogens with one attached hydrogen (secondary N) is 1. The summed E-state index contributed by atoms with van der Waals surface area (Å²) in [5, 5.41) is 3.05. The number of pyridine rings is 2. The van der Waals surface area contributed by atoms with Gasteiger partial charge in [-0.25, -0.2) is 9.97 Å². The van der Waals surface area contributed by atoms with Gasteiger partial charge in [-0.1, -0.05) is 29.3 Å². The summed E-state index contributed by atoms with van der Waals surface area (Å²) in [5.41, 5.74) is 0.261. The lowest BCUT2D eigenvalue weighted by atomic mass is 10.2. The average molecular weight is 268 g/mol. The molecule has 0 saturated heterocycles. The van der Waals surface area contributed by atoms with Crippen LogP contribution < -0.4 is 5.32 Å². The van der Waals surface area contributed by atoms with Crippen LogP contribution in [0.4, 0.5) is 5.82 Å². The van der Waals surface area contributed by atoms with Gasteiger partial charge in [-0.15, -0.1) is 0 Å². The topological polar surface area (TPSA) is 54.9 Å². The number of rotatable bonds is 2. The van der Waals surface area contributed by atoms with Crippen LogP contribution in [0.15, 0.2) is 36.7 Å². The Morgan fingerprint density at radius 2 is 2.06 bits per heavy atom. The normalized spacial score (nSPS) is 10.0. The van der Waals surface area contributed by atoms with Gasteiger partial charge in [0.1, 0.15) is 11.0 Å². The number of halogens is 2. The number of carbonyl (C=O) groups is 1. The van der Waals surface area contributed by atoms with E-state index in [2.05, 4.69) is 15.3 Å². The molecule has 0 radical (unpaired) electrons. The van der Waals surface area contributed by atoms with E-state index in [0.29, 0.717) is 5.82 Å². The Kier molecular flexibility index (Phi) is 3.56. The Morgan fingerprint density at radius 1 is 1.24 bits per heavy atom. The van der Waals surface area contributed by atoms with E-state index in [9.17, 15) is 4.79 Å². The number of nitrogens with zero attached hydrogens (tertiary/aromatic N) is 2. The van der Waals surface area contributed by atoms with Gasteiger partial charge >= 0.3 is 0 Å². The van der Waals surface area contributed by atoms with Crippen molar-refractivity contribution in [3.05, 3.63) is 52.4 Å². The van der Waals surface area contributed by atoms with E-state index < -0.39 is 0 Å². The zero-order valence-electron chi connectivity index (χ0n) is 8.52. The van der Waals surface area contributed by atoms with Crippen molar-refractivity contribution in [1.29, 1.82) is 0 Å². The van der Waals surface area contributed by atoms with Gasteiger partial charge in [-0.3, -0.25) is 4.79 Å². The van der Waals surface area contributed by atoms with Crippen molar-refractivity contribution < 1.29 is 4.79 Å². The van der Waals surface area contributed by atoms with Gasteiger partial charge in [0.05, 0.1) is 10.6 Å². The molecule has 2 heterocycles. The van der Waals surface area contributed by atoms with Crippen molar-refractivity contribution in [3.8, 4) is 0 Å². The van der Waals surface area contributed by atoms with E-state index in [4.69, 9.17) is 23.2 Å². The summed E-state index contributed by atoms with van der Waals surface area (Å²) in [7, 11) is 0. The van der Waals surface area contributed by atoms with E-state index in [-0.39, 0.29) is 21.6 Å². The third-order valence-electron chi connectivity index (χ3n) is 1.97. The second-order valence-corrected chi connectivity index (χ2v) is 3.95. The lowest BCUT2D eigenvalue weighted by molar-refractivity contribution is 0.102. The van der Waals surface area contributed by atoms with Gasteiger partial charge in [0.25, 0.3) is 5.91 Å². The predicted octanol–water partition coefficient (Wildman–Crippen LogP) is 3.04. The highest BCUT2D eigenvalue weighted by atomic mass is 35.5. The van der Waals surface area contributed by atoms with Gasteiger partial charge in [-0.2, -0.15) is 0 Å². The third kappa shape index (κ3) is 2.93. The third-order valence-corrected chi connectivity index (χ3v) is 2.48. The molecule has 0 aliphatic carbocycles. The number of hydrogen-bond acceptors (Lipinski definition) is 3. The first kappa shape index (κ1) is 11.8. The number of aromatic nitrogens is 2. The molecule has 17 heavy (non-hydrogen) atoms. The van der Waals surface area contributed by atoms with Crippen LogP contribution in [-0.2, 0) is 0 Å². The quantitative estimate of drug-likeness (QED) is 0.851. The van der Waals surface area contributed by atoms with Crippen molar-refractivity contribution in [1.82, 2.24) is 9.97 Å². The standard InChI is InChI=1S/C11H7Cl2N3O/c12-8-6-15-9(13)5-7(8)11(17)16-10-3-1-2-4-14-10/h1-6H,(H,14,16,17). The monoisotopic (exact) mass is 267 g/mol. The minimum absolute atomic E-state index is 0.209. The van der Waals surface area contributed by atoms with E-state index in [1.807, 2.05) is 0 Å². The Bertz CT molecular complexity index is 546. The molecule has 0 saturated carbocycles.